The van der Waals surface area contributed by atoms with Crippen molar-refractivity contribution in [1.82, 2.24) is 0 Å². The molecule has 112 valence electrons. The summed E-state index contributed by atoms with van der Waals surface area (Å²) in [6, 6.07) is 9.79. The van der Waals surface area contributed by atoms with E-state index in [1.807, 2.05) is 6.92 Å². The van der Waals surface area contributed by atoms with Crippen LogP contribution in [0.15, 0.2) is 40.9 Å². The second kappa shape index (κ2) is 7.25. The normalized spacial score (nSPS) is 12.2. The van der Waals surface area contributed by atoms with Gasteiger partial charge in [0, 0.05) is 17.0 Å². The van der Waals surface area contributed by atoms with E-state index in [9.17, 15) is 9.50 Å². The first-order valence-electron chi connectivity index (χ1n) is 6.56. The summed E-state index contributed by atoms with van der Waals surface area (Å²) < 4.78 is 19.9. The van der Waals surface area contributed by atoms with E-state index >= 15 is 0 Å². The molecule has 21 heavy (non-hydrogen) atoms. The van der Waals surface area contributed by atoms with Crippen LogP contribution in [0.1, 0.15) is 24.2 Å². The standard InChI is InChI=1S/C16H15BrClFO2/c1-2-21-16-7-6-10(8-12(16)17)15(20)9-11-13(18)4-3-5-14(11)19/h3-8,15,20H,2,9H2,1H3. The number of aliphatic hydroxyl groups is 1. The number of aliphatic hydroxyl groups excluding tert-OH is 1. The van der Waals surface area contributed by atoms with E-state index in [-0.39, 0.29) is 6.42 Å². The Morgan fingerprint density at radius 3 is 2.71 bits per heavy atom. The largest absolute Gasteiger partial charge is 0.493 e. The minimum Gasteiger partial charge on any atom is -0.493 e. The molecule has 0 saturated heterocycles. The van der Waals surface area contributed by atoms with Gasteiger partial charge in [0.05, 0.1) is 17.2 Å². The van der Waals surface area contributed by atoms with Gasteiger partial charge in [-0.1, -0.05) is 23.7 Å². The number of hydrogen-bond acceptors (Lipinski definition) is 2. The Morgan fingerprint density at radius 2 is 2.10 bits per heavy atom. The lowest BCUT2D eigenvalue weighted by molar-refractivity contribution is 0.177. The van der Waals surface area contributed by atoms with Gasteiger partial charge in [-0.2, -0.15) is 0 Å². The van der Waals surface area contributed by atoms with Crippen LogP contribution in [0.3, 0.4) is 0 Å². The molecule has 0 aliphatic heterocycles. The van der Waals surface area contributed by atoms with Gasteiger partial charge in [-0.3, -0.25) is 0 Å². The summed E-state index contributed by atoms with van der Waals surface area (Å²) in [7, 11) is 0. The van der Waals surface area contributed by atoms with Crippen LogP contribution in [-0.2, 0) is 6.42 Å². The maximum atomic E-state index is 13.7. The number of halogens is 3. The van der Waals surface area contributed by atoms with E-state index < -0.39 is 11.9 Å². The number of ether oxygens (including phenoxy) is 1. The van der Waals surface area contributed by atoms with Crippen molar-refractivity contribution in [2.75, 3.05) is 6.61 Å². The molecule has 1 N–H and O–H groups in total. The van der Waals surface area contributed by atoms with E-state index in [1.54, 1.807) is 30.3 Å². The van der Waals surface area contributed by atoms with E-state index in [0.29, 0.717) is 28.5 Å². The van der Waals surface area contributed by atoms with Crippen LogP contribution in [0.25, 0.3) is 0 Å². The highest BCUT2D eigenvalue weighted by molar-refractivity contribution is 9.10. The number of benzene rings is 2. The smallest absolute Gasteiger partial charge is 0.133 e. The maximum absolute atomic E-state index is 13.7. The Hall–Kier alpha value is -1.10. The van der Waals surface area contributed by atoms with Crippen molar-refractivity contribution in [3.05, 3.63) is 62.8 Å². The van der Waals surface area contributed by atoms with Crippen molar-refractivity contribution in [3.63, 3.8) is 0 Å². The molecule has 2 aromatic rings. The molecular weight excluding hydrogens is 359 g/mol. The summed E-state index contributed by atoms with van der Waals surface area (Å²) in [5.41, 5.74) is 0.987. The van der Waals surface area contributed by atoms with Gasteiger partial charge in [0.25, 0.3) is 0 Å². The first kappa shape index (κ1) is 16.3. The van der Waals surface area contributed by atoms with Gasteiger partial charge in [0.1, 0.15) is 11.6 Å². The summed E-state index contributed by atoms with van der Waals surface area (Å²) >= 11 is 9.37. The van der Waals surface area contributed by atoms with Gasteiger partial charge in [0.2, 0.25) is 0 Å². The van der Waals surface area contributed by atoms with Crippen LogP contribution in [-0.4, -0.2) is 11.7 Å². The lowest BCUT2D eigenvalue weighted by Gasteiger charge is -2.14. The summed E-state index contributed by atoms with van der Waals surface area (Å²) in [4.78, 5) is 0. The van der Waals surface area contributed by atoms with Crippen LogP contribution < -0.4 is 4.74 Å². The van der Waals surface area contributed by atoms with E-state index in [0.717, 1.165) is 4.47 Å². The van der Waals surface area contributed by atoms with Crippen LogP contribution in [0, 0.1) is 5.82 Å². The van der Waals surface area contributed by atoms with Crippen LogP contribution in [0.2, 0.25) is 5.02 Å². The lowest BCUT2D eigenvalue weighted by atomic mass is 10.0. The molecule has 0 amide bonds. The van der Waals surface area contributed by atoms with Gasteiger partial charge in [-0.25, -0.2) is 4.39 Å². The zero-order valence-electron chi connectivity index (χ0n) is 11.4. The zero-order valence-corrected chi connectivity index (χ0v) is 13.8. The predicted octanol–water partition coefficient (Wildman–Crippen LogP) is 4.92. The van der Waals surface area contributed by atoms with Gasteiger partial charge < -0.3 is 9.84 Å². The molecule has 0 heterocycles. The second-order valence-corrected chi connectivity index (χ2v) is 5.80. The lowest BCUT2D eigenvalue weighted by Crippen LogP contribution is -2.05. The summed E-state index contributed by atoms with van der Waals surface area (Å²) in [5, 5.41) is 10.6. The van der Waals surface area contributed by atoms with E-state index in [2.05, 4.69) is 15.9 Å². The summed E-state index contributed by atoms with van der Waals surface area (Å²) in [6.45, 7) is 2.46. The first-order valence-corrected chi connectivity index (χ1v) is 7.73. The summed E-state index contributed by atoms with van der Waals surface area (Å²) in [5.74, 6) is 0.295. The van der Waals surface area contributed by atoms with Gasteiger partial charge in [-0.05, 0) is 52.7 Å². The highest BCUT2D eigenvalue weighted by Crippen LogP contribution is 2.31. The molecule has 0 aliphatic rings. The Morgan fingerprint density at radius 1 is 1.33 bits per heavy atom. The van der Waals surface area contributed by atoms with E-state index in [1.165, 1.54) is 6.07 Å². The molecule has 5 heteroatoms. The molecule has 0 saturated carbocycles. The van der Waals surface area contributed by atoms with Crippen molar-refractivity contribution in [3.8, 4) is 5.75 Å². The fraction of sp³-hybridized carbons (Fsp3) is 0.250. The van der Waals surface area contributed by atoms with Crippen LogP contribution in [0.5, 0.6) is 5.75 Å². The second-order valence-electron chi connectivity index (χ2n) is 4.54. The van der Waals surface area contributed by atoms with Crippen molar-refractivity contribution < 1.29 is 14.2 Å². The molecular formula is C16H15BrClFO2. The molecule has 1 atom stereocenters. The zero-order chi connectivity index (χ0) is 15.4. The fourth-order valence-corrected chi connectivity index (χ4v) is 2.79. The van der Waals surface area contributed by atoms with Crippen molar-refractivity contribution in [2.45, 2.75) is 19.4 Å². The maximum Gasteiger partial charge on any atom is 0.133 e. The highest BCUT2D eigenvalue weighted by atomic mass is 79.9. The number of rotatable bonds is 5. The average Bonchev–Trinajstić information content (AvgIpc) is 2.45. The van der Waals surface area contributed by atoms with Crippen molar-refractivity contribution in [1.29, 1.82) is 0 Å². The Labute approximate surface area is 136 Å². The molecule has 1 unspecified atom stereocenters. The Bertz CT molecular complexity index is 613. The predicted molar refractivity (Wildman–Crippen MR) is 85.4 cm³/mol. The summed E-state index contributed by atoms with van der Waals surface area (Å²) in [6.07, 6.45) is -0.724. The van der Waals surface area contributed by atoms with Gasteiger partial charge >= 0.3 is 0 Å². The topological polar surface area (TPSA) is 29.5 Å². The molecule has 0 fully saturated rings. The molecule has 2 nitrogen and oxygen atoms in total. The van der Waals surface area contributed by atoms with Gasteiger partial charge in [0.15, 0.2) is 0 Å². The van der Waals surface area contributed by atoms with Gasteiger partial charge in [-0.15, -0.1) is 0 Å². The third kappa shape index (κ3) is 3.96. The van der Waals surface area contributed by atoms with E-state index in [4.69, 9.17) is 16.3 Å². The fourth-order valence-electron chi connectivity index (χ4n) is 2.04. The third-order valence-corrected chi connectivity index (χ3v) is 4.07. The highest BCUT2D eigenvalue weighted by Gasteiger charge is 2.15. The van der Waals surface area contributed by atoms with Crippen molar-refractivity contribution >= 4 is 27.5 Å². The van der Waals surface area contributed by atoms with Crippen LogP contribution >= 0.6 is 27.5 Å². The molecule has 0 bridgehead atoms. The van der Waals surface area contributed by atoms with Crippen LogP contribution in [0.4, 0.5) is 4.39 Å². The molecule has 2 aromatic carbocycles. The Balaban J connectivity index is 2.20. The minimum absolute atomic E-state index is 0.117. The molecule has 0 radical (unpaired) electrons. The minimum atomic E-state index is -0.841. The average molecular weight is 374 g/mol. The molecule has 2 rings (SSSR count). The first-order chi connectivity index (χ1) is 10.0. The molecule has 0 aromatic heterocycles. The quantitative estimate of drug-likeness (QED) is 0.806. The Kier molecular flexibility index (Phi) is 5.62. The third-order valence-electron chi connectivity index (χ3n) is 3.10. The molecule has 0 aliphatic carbocycles. The van der Waals surface area contributed by atoms with Crippen molar-refractivity contribution in [2.24, 2.45) is 0 Å². The molecule has 0 spiro atoms. The SMILES string of the molecule is CCOc1ccc(C(O)Cc2c(F)cccc2Cl)cc1Br. The number of hydrogen-bond donors (Lipinski definition) is 1. The monoisotopic (exact) mass is 372 g/mol.